The molecule has 0 N–H and O–H groups in total. The molecule has 5 heteroatoms. The molecule has 0 radical (unpaired) electrons. The number of nitrogens with zero attached hydrogens (tertiary/aromatic N) is 1. The van der Waals surface area contributed by atoms with Crippen LogP contribution in [-0.2, 0) is 5.33 Å². The highest BCUT2D eigenvalue weighted by Gasteiger charge is 2.10. The van der Waals surface area contributed by atoms with E-state index >= 15 is 0 Å². The first kappa shape index (κ1) is 11.2. The van der Waals surface area contributed by atoms with Gasteiger partial charge < -0.3 is 4.42 Å². The summed E-state index contributed by atoms with van der Waals surface area (Å²) >= 11 is 12.6. The van der Waals surface area contributed by atoms with E-state index in [1.807, 2.05) is 18.2 Å². The fraction of sp³-hybridized carbons (Fsp3) is 0.100. The third-order valence-corrected chi connectivity index (χ3v) is 3.69. The molecule has 0 fully saturated rings. The Bertz CT molecular complexity index is 484. The minimum atomic E-state index is 0.666. The molecule has 15 heavy (non-hydrogen) atoms. The minimum absolute atomic E-state index is 0.666. The summed E-state index contributed by atoms with van der Waals surface area (Å²) in [6.45, 7) is 0. The van der Waals surface area contributed by atoms with Gasteiger partial charge in [-0.1, -0.05) is 27.5 Å². The van der Waals surface area contributed by atoms with Crippen LogP contribution in [0.4, 0.5) is 0 Å². The van der Waals surface area contributed by atoms with Crippen LogP contribution in [0.15, 0.2) is 33.5 Å². The quantitative estimate of drug-likeness (QED) is 0.736. The molecule has 1 aromatic heterocycles. The van der Waals surface area contributed by atoms with E-state index < -0.39 is 0 Å². The highest BCUT2D eigenvalue weighted by Crippen LogP contribution is 2.30. The first-order valence-electron chi connectivity index (χ1n) is 4.16. The van der Waals surface area contributed by atoms with Crippen LogP contribution >= 0.6 is 43.5 Å². The Labute approximate surface area is 109 Å². The van der Waals surface area contributed by atoms with Crippen LogP contribution < -0.4 is 0 Å². The van der Waals surface area contributed by atoms with Crippen molar-refractivity contribution < 1.29 is 4.42 Å². The van der Waals surface area contributed by atoms with E-state index in [2.05, 4.69) is 36.8 Å². The second-order valence-corrected chi connectivity index (χ2v) is 4.71. The van der Waals surface area contributed by atoms with Crippen LogP contribution in [0.1, 0.15) is 5.69 Å². The molecule has 0 amide bonds. The Morgan fingerprint density at radius 1 is 1.40 bits per heavy atom. The van der Waals surface area contributed by atoms with Gasteiger partial charge in [-0.05, 0) is 34.1 Å². The standard InChI is InChI=1S/C10H6Br2ClNO/c11-4-9-10(15-5-14-9)6-1-2-8(13)7(12)3-6/h1-3,5H,4H2. The molecular formula is C10H6Br2ClNO. The Kier molecular flexibility index (Phi) is 3.49. The average molecular weight is 351 g/mol. The number of hydrogen-bond donors (Lipinski definition) is 0. The van der Waals surface area contributed by atoms with Crippen molar-refractivity contribution in [3.05, 3.63) is 39.8 Å². The number of alkyl halides is 1. The topological polar surface area (TPSA) is 26.0 Å². The molecule has 2 rings (SSSR count). The molecule has 2 aromatic rings. The van der Waals surface area contributed by atoms with Crippen LogP contribution in [0, 0.1) is 0 Å². The Morgan fingerprint density at radius 3 is 2.87 bits per heavy atom. The maximum atomic E-state index is 5.91. The average Bonchev–Trinajstić information content (AvgIpc) is 2.70. The summed E-state index contributed by atoms with van der Waals surface area (Å²) in [4.78, 5) is 4.10. The molecule has 1 heterocycles. The van der Waals surface area contributed by atoms with E-state index in [4.69, 9.17) is 16.0 Å². The lowest BCUT2D eigenvalue weighted by molar-refractivity contribution is 0.571. The maximum absolute atomic E-state index is 5.91. The zero-order valence-corrected chi connectivity index (χ0v) is 11.4. The number of rotatable bonds is 2. The molecule has 78 valence electrons. The maximum Gasteiger partial charge on any atom is 0.181 e. The van der Waals surface area contributed by atoms with E-state index in [0.717, 1.165) is 21.5 Å². The van der Waals surface area contributed by atoms with Crippen molar-refractivity contribution in [2.24, 2.45) is 0 Å². The van der Waals surface area contributed by atoms with E-state index in [1.54, 1.807) is 0 Å². The number of benzene rings is 1. The van der Waals surface area contributed by atoms with Gasteiger partial charge in [-0.25, -0.2) is 4.98 Å². The van der Waals surface area contributed by atoms with Crippen molar-refractivity contribution >= 4 is 43.5 Å². The van der Waals surface area contributed by atoms with Gasteiger partial charge in [0.05, 0.1) is 10.7 Å². The third-order valence-electron chi connectivity index (χ3n) is 1.95. The molecule has 2 nitrogen and oxygen atoms in total. The zero-order valence-electron chi connectivity index (χ0n) is 7.51. The molecule has 0 aliphatic heterocycles. The van der Waals surface area contributed by atoms with Crippen LogP contribution in [0.3, 0.4) is 0 Å². The van der Waals surface area contributed by atoms with Crippen molar-refractivity contribution in [1.29, 1.82) is 0 Å². The molecule has 0 saturated carbocycles. The highest BCUT2D eigenvalue weighted by molar-refractivity contribution is 9.10. The molecule has 0 unspecified atom stereocenters. The summed E-state index contributed by atoms with van der Waals surface area (Å²) in [5.74, 6) is 0.768. The van der Waals surface area contributed by atoms with Crippen LogP contribution in [-0.4, -0.2) is 4.98 Å². The van der Waals surface area contributed by atoms with Gasteiger partial charge in [0, 0.05) is 15.4 Å². The summed E-state index contributed by atoms with van der Waals surface area (Å²) in [5.41, 5.74) is 1.84. The monoisotopic (exact) mass is 349 g/mol. The minimum Gasteiger partial charge on any atom is -0.443 e. The highest BCUT2D eigenvalue weighted by atomic mass is 79.9. The lowest BCUT2D eigenvalue weighted by atomic mass is 10.1. The molecule has 1 aromatic carbocycles. The number of halogens is 3. The first-order chi connectivity index (χ1) is 7.22. The molecular weight excluding hydrogens is 345 g/mol. The summed E-state index contributed by atoms with van der Waals surface area (Å²) < 4.78 is 6.18. The van der Waals surface area contributed by atoms with E-state index in [1.165, 1.54) is 6.39 Å². The van der Waals surface area contributed by atoms with Crippen molar-refractivity contribution in [3.8, 4) is 11.3 Å². The van der Waals surface area contributed by atoms with E-state index in [9.17, 15) is 0 Å². The van der Waals surface area contributed by atoms with Gasteiger partial charge in [0.25, 0.3) is 0 Å². The second kappa shape index (κ2) is 4.68. The summed E-state index contributed by atoms with van der Waals surface area (Å²) in [7, 11) is 0. The van der Waals surface area contributed by atoms with Gasteiger partial charge in [-0.3, -0.25) is 0 Å². The Morgan fingerprint density at radius 2 is 2.20 bits per heavy atom. The van der Waals surface area contributed by atoms with Gasteiger partial charge in [-0.15, -0.1) is 0 Å². The van der Waals surface area contributed by atoms with Crippen LogP contribution in [0.2, 0.25) is 5.02 Å². The van der Waals surface area contributed by atoms with Crippen molar-refractivity contribution in [3.63, 3.8) is 0 Å². The molecule has 0 bridgehead atoms. The largest absolute Gasteiger partial charge is 0.443 e. The Hall–Kier alpha value is -0.320. The smallest absolute Gasteiger partial charge is 0.181 e. The normalized spacial score (nSPS) is 10.6. The lowest BCUT2D eigenvalue weighted by Crippen LogP contribution is -1.83. The van der Waals surface area contributed by atoms with Gasteiger partial charge in [0.2, 0.25) is 0 Å². The number of aromatic nitrogens is 1. The Balaban J connectivity index is 2.50. The van der Waals surface area contributed by atoms with Crippen molar-refractivity contribution in [2.45, 2.75) is 5.33 Å². The predicted octanol–water partition coefficient (Wildman–Crippen LogP) is 4.65. The van der Waals surface area contributed by atoms with Crippen LogP contribution in [0.25, 0.3) is 11.3 Å². The molecule has 0 atom stereocenters. The summed E-state index contributed by atoms with van der Waals surface area (Å²) in [5, 5.41) is 1.35. The second-order valence-electron chi connectivity index (χ2n) is 2.89. The third kappa shape index (κ3) is 2.27. The van der Waals surface area contributed by atoms with Gasteiger partial charge in [0.15, 0.2) is 12.2 Å². The van der Waals surface area contributed by atoms with Gasteiger partial charge in [0.1, 0.15) is 0 Å². The van der Waals surface area contributed by atoms with Crippen molar-refractivity contribution in [1.82, 2.24) is 4.98 Å². The fourth-order valence-electron chi connectivity index (χ4n) is 1.24. The van der Waals surface area contributed by atoms with E-state index in [-0.39, 0.29) is 0 Å². The predicted molar refractivity (Wildman–Crippen MR) is 67.3 cm³/mol. The SMILES string of the molecule is Clc1ccc(-c2ocnc2CBr)cc1Br. The van der Waals surface area contributed by atoms with Gasteiger partial charge in [-0.2, -0.15) is 0 Å². The molecule has 0 aliphatic rings. The molecule has 0 saturated heterocycles. The fourth-order valence-corrected chi connectivity index (χ4v) is 2.13. The van der Waals surface area contributed by atoms with Crippen molar-refractivity contribution in [2.75, 3.05) is 0 Å². The summed E-state index contributed by atoms with van der Waals surface area (Å²) in [6.07, 6.45) is 1.44. The molecule has 0 aliphatic carbocycles. The molecule has 0 spiro atoms. The summed E-state index contributed by atoms with van der Waals surface area (Å²) in [6, 6.07) is 5.64. The number of oxazole rings is 1. The first-order valence-corrected chi connectivity index (χ1v) is 6.45. The van der Waals surface area contributed by atoms with Crippen LogP contribution in [0.5, 0.6) is 0 Å². The number of hydrogen-bond acceptors (Lipinski definition) is 2. The zero-order chi connectivity index (χ0) is 10.8. The lowest BCUT2D eigenvalue weighted by Gasteiger charge is -2.01. The van der Waals surface area contributed by atoms with E-state index in [0.29, 0.717) is 10.4 Å². The van der Waals surface area contributed by atoms with Gasteiger partial charge >= 0.3 is 0 Å².